The Morgan fingerprint density at radius 3 is 2.71 bits per heavy atom. The summed E-state index contributed by atoms with van der Waals surface area (Å²) in [5.41, 5.74) is 3.81. The fourth-order valence-electron chi connectivity index (χ4n) is 1.74. The zero-order valence-electron chi connectivity index (χ0n) is 11.2. The summed E-state index contributed by atoms with van der Waals surface area (Å²) in [6.45, 7) is 1.82. The van der Waals surface area contributed by atoms with Crippen LogP contribution in [0.4, 0.5) is 11.4 Å². The number of nitrogens with one attached hydrogen (secondary N) is 1. The molecular formula is C14H12N4O3. The van der Waals surface area contributed by atoms with Crippen molar-refractivity contribution in [3.05, 3.63) is 57.6 Å². The lowest BCUT2D eigenvalue weighted by Crippen LogP contribution is -2.07. The Morgan fingerprint density at radius 1 is 1.33 bits per heavy atom. The Labute approximate surface area is 120 Å². The van der Waals surface area contributed by atoms with Crippen LogP contribution in [0.2, 0.25) is 0 Å². The van der Waals surface area contributed by atoms with E-state index in [2.05, 4.69) is 5.43 Å². The molecule has 0 amide bonds. The maximum atomic E-state index is 10.9. The molecule has 2 aromatic rings. The number of ether oxygens (including phenoxy) is 1. The third-order valence-corrected chi connectivity index (χ3v) is 2.81. The van der Waals surface area contributed by atoms with Gasteiger partial charge in [0.25, 0.3) is 5.69 Å². The molecule has 0 saturated carbocycles. The number of hydrazine groups is 1. The number of hydrogen-bond donors (Lipinski definition) is 2. The van der Waals surface area contributed by atoms with Gasteiger partial charge in [0.1, 0.15) is 11.5 Å². The van der Waals surface area contributed by atoms with Gasteiger partial charge in [0, 0.05) is 12.1 Å². The fraction of sp³-hybridized carbons (Fsp3) is 0.0714. The SMILES string of the molecule is Cc1ccc(C#N)cc1Oc1cc(NN)cc([N+](=O)[O-])c1. The number of nitriles is 1. The van der Waals surface area contributed by atoms with Crippen molar-refractivity contribution in [2.75, 3.05) is 5.43 Å². The number of non-ortho nitro benzene ring substituents is 1. The number of rotatable bonds is 4. The number of nitrogens with two attached hydrogens (primary N) is 1. The molecule has 0 spiro atoms. The lowest BCUT2D eigenvalue weighted by molar-refractivity contribution is -0.384. The monoisotopic (exact) mass is 284 g/mol. The van der Waals surface area contributed by atoms with Gasteiger partial charge in [0.2, 0.25) is 0 Å². The Kier molecular flexibility index (Phi) is 4.02. The molecule has 0 radical (unpaired) electrons. The van der Waals surface area contributed by atoms with Crippen LogP contribution in [0.5, 0.6) is 11.5 Å². The first kappa shape index (κ1) is 14.3. The van der Waals surface area contributed by atoms with E-state index < -0.39 is 4.92 Å². The highest BCUT2D eigenvalue weighted by Gasteiger charge is 2.12. The van der Waals surface area contributed by atoms with E-state index in [4.69, 9.17) is 15.8 Å². The van der Waals surface area contributed by atoms with Crippen LogP contribution < -0.4 is 16.0 Å². The average Bonchev–Trinajstić information content (AvgIpc) is 2.49. The molecule has 0 fully saturated rings. The normalized spacial score (nSPS) is 9.76. The van der Waals surface area contributed by atoms with Crippen molar-refractivity contribution in [3.8, 4) is 17.6 Å². The van der Waals surface area contributed by atoms with Crippen molar-refractivity contribution in [2.24, 2.45) is 5.84 Å². The van der Waals surface area contributed by atoms with Crippen LogP contribution in [0.15, 0.2) is 36.4 Å². The van der Waals surface area contributed by atoms with Gasteiger partial charge in [-0.15, -0.1) is 0 Å². The number of nitro groups is 1. The standard InChI is InChI=1S/C14H12N4O3/c1-9-2-3-10(8-15)4-14(9)21-13-6-11(17-16)5-12(7-13)18(19)20/h2-7,17H,16H2,1H3. The van der Waals surface area contributed by atoms with Crippen LogP contribution >= 0.6 is 0 Å². The maximum Gasteiger partial charge on any atom is 0.275 e. The Morgan fingerprint density at radius 2 is 2.10 bits per heavy atom. The molecule has 0 aromatic heterocycles. The second-order valence-corrected chi connectivity index (χ2v) is 4.31. The summed E-state index contributed by atoms with van der Waals surface area (Å²) in [4.78, 5) is 10.3. The molecule has 0 bridgehead atoms. The first-order valence-corrected chi connectivity index (χ1v) is 5.98. The van der Waals surface area contributed by atoms with Crippen molar-refractivity contribution in [3.63, 3.8) is 0 Å². The number of benzene rings is 2. The highest BCUT2D eigenvalue weighted by molar-refractivity contribution is 5.57. The van der Waals surface area contributed by atoms with Crippen molar-refractivity contribution in [1.82, 2.24) is 0 Å². The summed E-state index contributed by atoms with van der Waals surface area (Å²) < 4.78 is 5.63. The van der Waals surface area contributed by atoms with E-state index in [9.17, 15) is 10.1 Å². The average molecular weight is 284 g/mol. The summed E-state index contributed by atoms with van der Waals surface area (Å²) in [5, 5.41) is 19.8. The van der Waals surface area contributed by atoms with Crippen molar-refractivity contribution >= 4 is 11.4 Å². The van der Waals surface area contributed by atoms with Crippen LogP contribution in [-0.2, 0) is 0 Å². The van der Waals surface area contributed by atoms with Gasteiger partial charge < -0.3 is 10.2 Å². The van der Waals surface area contributed by atoms with Crippen molar-refractivity contribution < 1.29 is 9.66 Å². The third-order valence-electron chi connectivity index (χ3n) is 2.81. The quantitative estimate of drug-likeness (QED) is 0.507. The van der Waals surface area contributed by atoms with Crippen molar-refractivity contribution in [1.29, 1.82) is 5.26 Å². The predicted molar refractivity (Wildman–Crippen MR) is 76.9 cm³/mol. The van der Waals surface area contributed by atoms with Gasteiger partial charge in [-0.3, -0.25) is 16.0 Å². The van der Waals surface area contributed by atoms with Crippen LogP contribution in [0.1, 0.15) is 11.1 Å². The molecule has 0 heterocycles. The number of nitrogen functional groups attached to an aromatic ring is 1. The minimum atomic E-state index is -0.535. The van der Waals surface area contributed by atoms with E-state index in [0.717, 1.165) is 5.56 Å². The second kappa shape index (κ2) is 5.90. The highest BCUT2D eigenvalue weighted by atomic mass is 16.6. The predicted octanol–water partition coefficient (Wildman–Crippen LogP) is 2.85. The topological polar surface area (TPSA) is 114 Å². The molecule has 0 aliphatic carbocycles. The molecule has 0 atom stereocenters. The van der Waals surface area contributed by atoms with Gasteiger partial charge in [-0.25, -0.2) is 0 Å². The zero-order chi connectivity index (χ0) is 15.4. The minimum Gasteiger partial charge on any atom is -0.457 e. The van der Waals surface area contributed by atoms with E-state index in [0.29, 0.717) is 17.0 Å². The van der Waals surface area contributed by atoms with Gasteiger partial charge in [-0.05, 0) is 24.6 Å². The molecule has 0 saturated heterocycles. The zero-order valence-corrected chi connectivity index (χ0v) is 11.2. The number of nitrogens with zero attached hydrogens (tertiary/aromatic N) is 2. The number of nitro benzene ring substituents is 1. The lowest BCUT2D eigenvalue weighted by atomic mass is 10.1. The molecule has 2 rings (SSSR count). The van der Waals surface area contributed by atoms with Gasteiger partial charge in [0.15, 0.2) is 0 Å². The summed E-state index contributed by atoms with van der Waals surface area (Å²) >= 11 is 0. The number of aryl methyl sites for hydroxylation is 1. The van der Waals surface area contributed by atoms with Crippen LogP contribution in [0.25, 0.3) is 0 Å². The molecule has 7 heteroatoms. The van der Waals surface area contributed by atoms with E-state index in [1.165, 1.54) is 18.2 Å². The highest BCUT2D eigenvalue weighted by Crippen LogP contribution is 2.31. The molecule has 106 valence electrons. The summed E-state index contributed by atoms with van der Waals surface area (Å²) in [6, 6.07) is 11.1. The molecule has 7 nitrogen and oxygen atoms in total. The third kappa shape index (κ3) is 3.26. The number of anilines is 1. The first-order chi connectivity index (χ1) is 10.0. The van der Waals surface area contributed by atoms with E-state index in [-0.39, 0.29) is 11.4 Å². The maximum absolute atomic E-state index is 10.9. The molecule has 2 aromatic carbocycles. The van der Waals surface area contributed by atoms with Gasteiger partial charge in [-0.2, -0.15) is 5.26 Å². The molecule has 3 N–H and O–H groups in total. The van der Waals surface area contributed by atoms with E-state index >= 15 is 0 Å². The van der Waals surface area contributed by atoms with Crippen molar-refractivity contribution in [2.45, 2.75) is 6.92 Å². The van der Waals surface area contributed by atoms with Gasteiger partial charge in [0.05, 0.1) is 28.3 Å². The fourth-order valence-corrected chi connectivity index (χ4v) is 1.74. The molecule has 0 aliphatic heterocycles. The Hall–Kier alpha value is -3.11. The molecule has 0 aliphatic rings. The van der Waals surface area contributed by atoms with Crippen LogP contribution in [0.3, 0.4) is 0 Å². The summed E-state index contributed by atoms with van der Waals surface area (Å²) in [6.07, 6.45) is 0. The first-order valence-electron chi connectivity index (χ1n) is 5.98. The molecule has 0 unspecified atom stereocenters. The Bertz CT molecular complexity index is 737. The van der Waals surface area contributed by atoms with Gasteiger partial charge >= 0.3 is 0 Å². The molecule has 21 heavy (non-hydrogen) atoms. The summed E-state index contributed by atoms with van der Waals surface area (Å²) in [5.74, 6) is 6.00. The smallest absolute Gasteiger partial charge is 0.275 e. The number of hydrogen-bond acceptors (Lipinski definition) is 6. The minimum absolute atomic E-state index is 0.144. The largest absolute Gasteiger partial charge is 0.457 e. The molecular weight excluding hydrogens is 272 g/mol. The Balaban J connectivity index is 2.41. The van der Waals surface area contributed by atoms with E-state index in [1.807, 2.05) is 13.0 Å². The summed E-state index contributed by atoms with van der Waals surface area (Å²) in [7, 11) is 0. The van der Waals surface area contributed by atoms with Gasteiger partial charge in [-0.1, -0.05) is 6.07 Å². The second-order valence-electron chi connectivity index (χ2n) is 4.31. The van der Waals surface area contributed by atoms with E-state index in [1.54, 1.807) is 18.2 Å². The lowest BCUT2D eigenvalue weighted by Gasteiger charge is -2.10. The van der Waals surface area contributed by atoms with Crippen LogP contribution in [-0.4, -0.2) is 4.92 Å². The van der Waals surface area contributed by atoms with Crippen LogP contribution in [0, 0.1) is 28.4 Å².